The zero-order valence-corrected chi connectivity index (χ0v) is 11.3. The van der Waals surface area contributed by atoms with Crippen molar-refractivity contribution >= 4 is 5.69 Å². The predicted octanol–water partition coefficient (Wildman–Crippen LogP) is 2.37. The van der Waals surface area contributed by atoms with E-state index in [2.05, 4.69) is 5.32 Å². The van der Waals surface area contributed by atoms with E-state index < -0.39 is 4.92 Å². The lowest BCUT2D eigenvalue weighted by atomic mass is 10.2. The number of ether oxygens (including phenoxy) is 2. The molecule has 1 rings (SSSR count). The molecule has 6 nitrogen and oxygen atoms in total. The summed E-state index contributed by atoms with van der Waals surface area (Å²) >= 11 is 0. The van der Waals surface area contributed by atoms with Crippen LogP contribution >= 0.6 is 0 Å². The molecule has 0 saturated carbocycles. The van der Waals surface area contributed by atoms with Crippen LogP contribution < -0.4 is 14.8 Å². The minimum absolute atomic E-state index is 0.104. The van der Waals surface area contributed by atoms with Gasteiger partial charge in [0.25, 0.3) is 0 Å². The van der Waals surface area contributed by atoms with Crippen molar-refractivity contribution in [3.63, 3.8) is 0 Å². The number of nitro benzene ring substituents is 1. The molecule has 0 radical (unpaired) electrons. The highest BCUT2D eigenvalue weighted by molar-refractivity contribution is 5.57. The molecule has 0 fully saturated rings. The molecule has 0 heterocycles. The molecule has 106 valence electrons. The average Bonchev–Trinajstić information content (AvgIpc) is 2.41. The van der Waals surface area contributed by atoms with Gasteiger partial charge >= 0.3 is 5.69 Å². The first-order valence-electron chi connectivity index (χ1n) is 6.44. The Labute approximate surface area is 112 Å². The highest BCUT2D eigenvalue weighted by atomic mass is 16.6. The third-order valence-electron chi connectivity index (χ3n) is 2.39. The van der Waals surface area contributed by atoms with Crippen LogP contribution in [0.3, 0.4) is 0 Å². The summed E-state index contributed by atoms with van der Waals surface area (Å²) in [6, 6.07) is 4.87. The van der Waals surface area contributed by atoms with Crippen LogP contribution in [-0.2, 0) is 0 Å². The van der Waals surface area contributed by atoms with Crippen LogP contribution in [0.15, 0.2) is 18.2 Å². The number of nitro groups is 1. The lowest BCUT2D eigenvalue weighted by Crippen LogP contribution is -2.20. The summed E-state index contributed by atoms with van der Waals surface area (Å²) in [6.45, 7) is 6.25. The van der Waals surface area contributed by atoms with Crippen LogP contribution in [0.1, 0.15) is 20.3 Å². The molecule has 6 heteroatoms. The van der Waals surface area contributed by atoms with E-state index in [9.17, 15) is 10.1 Å². The molecule has 0 spiro atoms. The Kier molecular flexibility index (Phi) is 6.67. The maximum atomic E-state index is 11.1. The molecule has 0 amide bonds. The van der Waals surface area contributed by atoms with E-state index in [4.69, 9.17) is 9.47 Å². The number of para-hydroxylation sites is 1. The fraction of sp³-hybridized carbons (Fsp3) is 0.538. The van der Waals surface area contributed by atoms with Gasteiger partial charge < -0.3 is 14.8 Å². The second-order valence-electron chi connectivity index (χ2n) is 3.91. The number of benzene rings is 1. The van der Waals surface area contributed by atoms with Crippen LogP contribution in [-0.4, -0.2) is 31.2 Å². The van der Waals surface area contributed by atoms with Gasteiger partial charge in [0.2, 0.25) is 11.5 Å². The van der Waals surface area contributed by atoms with Gasteiger partial charge in [0.15, 0.2) is 0 Å². The van der Waals surface area contributed by atoms with Gasteiger partial charge in [-0.2, -0.15) is 0 Å². The molecular formula is C13H20N2O4. The molecule has 0 bridgehead atoms. The summed E-state index contributed by atoms with van der Waals surface area (Å²) in [5.41, 5.74) is -0.104. The Morgan fingerprint density at radius 1 is 1.21 bits per heavy atom. The van der Waals surface area contributed by atoms with E-state index in [1.807, 2.05) is 13.8 Å². The summed E-state index contributed by atoms with van der Waals surface area (Å²) in [7, 11) is 0. The largest absolute Gasteiger partial charge is 0.487 e. The molecular weight excluding hydrogens is 248 g/mol. The van der Waals surface area contributed by atoms with Crippen molar-refractivity contribution < 1.29 is 14.4 Å². The maximum Gasteiger partial charge on any atom is 0.352 e. The van der Waals surface area contributed by atoms with Crippen molar-refractivity contribution in [1.29, 1.82) is 0 Å². The van der Waals surface area contributed by atoms with E-state index in [1.165, 1.54) is 0 Å². The van der Waals surface area contributed by atoms with E-state index >= 15 is 0 Å². The van der Waals surface area contributed by atoms with Crippen molar-refractivity contribution in [2.75, 3.05) is 26.3 Å². The Morgan fingerprint density at radius 3 is 2.37 bits per heavy atom. The van der Waals surface area contributed by atoms with Crippen molar-refractivity contribution in [3.05, 3.63) is 28.3 Å². The van der Waals surface area contributed by atoms with E-state index in [1.54, 1.807) is 18.2 Å². The topological polar surface area (TPSA) is 73.6 Å². The third-order valence-corrected chi connectivity index (χ3v) is 2.39. The van der Waals surface area contributed by atoms with Gasteiger partial charge in [-0.3, -0.25) is 10.1 Å². The number of hydrogen-bond acceptors (Lipinski definition) is 5. The fourth-order valence-electron chi connectivity index (χ4n) is 1.54. The first-order chi connectivity index (χ1) is 9.20. The summed E-state index contributed by atoms with van der Waals surface area (Å²) in [5.74, 6) is 0.504. The molecule has 0 unspecified atom stereocenters. The van der Waals surface area contributed by atoms with Crippen LogP contribution in [0, 0.1) is 10.1 Å². The monoisotopic (exact) mass is 268 g/mol. The highest BCUT2D eigenvalue weighted by Crippen LogP contribution is 2.36. The van der Waals surface area contributed by atoms with Crippen LogP contribution in [0.4, 0.5) is 5.69 Å². The molecule has 1 aromatic rings. The van der Waals surface area contributed by atoms with Crippen molar-refractivity contribution in [1.82, 2.24) is 5.32 Å². The zero-order chi connectivity index (χ0) is 14.1. The van der Waals surface area contributed by atoms with Gasteiger partial charge in [0, 0.05) is 6.54 Å². The van der Waals surface area contributed by atoms with E-state index in [0.29, 0.717) is 19.8 Å². The molecule has 0 saturated heterocycles. The first-order valence-corrected chi connectivity index (χ1v) is 6.44. The molecule has 0 aromatic heterocycles. The third kappa shape index (κ3) is 4.75. The Morgan fingerprint density at radius 2 is 1.84 bits per heavy atom. The molecule has 1 aromatic carbocycles. The van der Waals surface area contributed by atoms with Gasteiger partial charge in [-0.25, -0.2) is 0 Å². The lowest BCUT2D eigenvalue weighted by molar-refractivity contribution is -0.386. The van der Waals surface area contributed by atoms with E-state index in [-0.39, 0.29) is 17.2 Å². The molecule has 19 heavy (non-hydrogen) atoms. The number of nitrogens with zero attached hydrogens (tertiary/aromatic N) is 1. The Bertz CT molecular complexity index is 410. The maximum absolute atomic E-state index is 11.1. The molecule has 0 aliphatic rings. The zero-order valence-electron chi connectivity index (χ0n) is 11.3. The van der Waals surface area contributed by atoms with Gasteiger partial charge in [0.1, 0.15) is 6.61 Å². The lowest BCUT2D eigenvalue weighted by Gasteiger charge is -2.10. The van der Waals surface area contributed by atoms with Crippen molar-refractivity contribution in [3.8, 4) is 11.5 Å². The molecule has 0 atom stereocenters. The minimum Gasteiger partial charge on any atom is -0.487 e. The highest BCUT2D eigenvalue weighted by Gasteiger charge is 2.22. The Balaban J connectivity index is 2.80. The molecule has 0 aliphatic heterocycles. The second-order valence-corrected chi connectivity index (χ2v) is 3.91. The quantitative estimate of drug-likeness (QED) is 0.423. The van der Waals surface area contributed by atoms with E-state index in [0.717, 1.165) is 13.0 Å². The number of rotatable bonds is 9. The standard InChI is InChI=1S/C13H20N2O4/c1-3-9-18-11-6-5-7-12(13(11)15(16)17)19-10-8-14-4-2/h5-7,14H,3-4,8-10H2,1-2H3. The SMILES string of the molecule is CCCOc1cccc(OCCNCC)c1[N+](=O)[O-]. The van der Waals surface area contributed by atoms with Gasteiger partial charge in [-0.05, 0) is 25.1 Å². The van der Waals surface area contributed by atoms with Crippen LogP contribution in [0.2, 0.25) is 0 Å². The van der Waals surface area contributed by atoms with Gasteiger partial charge in [0.05, 0.1) is 11.5 Å². The van der Waals surface area contributed by atoms with Crippen LogP contribution in [0.5, 0.6) is 11.5 Å². The summed E-state index contributed by atoms with van der Waals surface area (Å²) in [4.78, 5) is 10.7. The fourth-order valence-corrected chi connectivity index (χ4v) is 1.54. The van der Waals surface area contributed by atoms with Gasteiger partial charge in [-0.15, -0.1) is 0 Å². The predicted molar refractivity (Wildman–Crippen MR) is 72.9 cm³/mol. The summed E-state index contributed by atoms with van der Waals surface area (Å²) in [5, 5.41) is 14.2. The second kappa shape index (κ2) is 8.31. The van der Waals surface area contributed by atoms with Crippen LogP contribution in [0.25, 0.3) is 0 Å². The first kappa shape index (κ1) is 15.2. The summed E-state index contributed by atoms with van der Waals surface area (Å²) in [6.07, 6.45) is 0.794. The summed E-state index contributed by atoms with van der Waals surface area (Å²) < 4.78 is 10.8. The molecule has 0 aliphatic carbocycles. The van der Waals surface area contributed by atoms with Gasteiger partial charge in [-0.1, -0.05) is 19.9 Å². The smallest absolute Gasteiger partial charge is 0.352 e. The number of nitrogens with one attached hydrogen (secondary N) is 1. The van der Waals surface area contributed by atoms with Crippen molar-refractivity contribution in [2.45, 2.75) is 20.3 Å². The normalized spacial score (nSPS) is 10.2. The Hall–Kier alpha value is -1.82. The minimum atomic E-state index is -0.465. The van der Waals surface area contributed by atoms with Crippen molar-refractivity contribution in [2.24, 2.45) is 0 Å². The molecule has 1 N–H and O–H groups in total. The number of hydrogen-bond donors (Lipinski definition) is 1. The number of likely N-dealkylation sites (N-methyl/N-ethyl adjacent to an activating group) is 1. The average molecular weight is 268 g/mol.